The molecule has 1 aliphatic rings. The Balaban J connectivity index is 2.87. The number of rotatable bonds is 2. The van der Waals surface area contributed by atoms with Gasteiger partial charge in [0.1, 0.15) is 0 Å². The predicted molar refractivity (Wildman–Crippen MR) is 47.3 cm³/mol. The lowest BCUT2D eigenvalue weighted by Crippen LogP contribution is -2.01. The van der Waals surface area contributed by atoms with Crippen LogP contribution in [0.25, 0.3) is 0 Å². The molecule has 0 saturated heterocycles. The van der Waals surface area contributed by atoms with Gasteiger partial charge in [-0.25, -0.2) is 0 Å². The Bertz CT molecular complexity index is 223. The molecule has 1 aliphatic carbocycles. The number of hydrogen-bond donors (Lipinski definition) is 1. The third-order valence-electron chi connectivity index (χ3n) is 2.19. The van der Waals surface area contributed by atoms with Crippen molar-refractivity contribution in [3.8, 4) is 0 Å². The lowest BCUT2D eigenvalue weighted by Gasteiger charge is -2.00. The van der Waals surface area contributed by atoms with Crippen LogP contribution in [0.4, 0.5) is 0 Å². The zero-order valence-corrected chi connectivity index (χ0v) is 6.93. The average molecular weight is 150 g/mol. The third kappa shape index (κ3) is 1.43. The Morgan fingerprint density at radius 1 is 1.73 bits per heavy atom. The van der Waals surface area contributed by atoms with Gasteiger partial charge in [-0.3, -0.25) is 0 Å². The first-order valence-electron chi connectivity index (χ1n) is 3.83. The molecular formula is C10H14O. The minimum Gasteiger partial charge on any atom is -0.388 e. The smallest absolute Gasteiger partial charge is 0.0793 e. The molecule has 0 bridgehead atoms. The fourth-order valence-corrected chi connectivity index (χ4v) is 1.44. The lowest BCUT2D eigenvalue weighted by atomic mass is 10.1. The van der Waals surface area contributed by atoms with E-state index < -0.39 is 0 Å². The number of allylic oxidation sites excluding steroid dienone is 2. The van der Waals surface area contributed by atoms with E-state index in [2.05, 4.69) is 13.2 Å². The molecule has 60 valence electrons. The summed E-state index contributed by atoms with van der Waals surface area (Å²) in [4.78, 5) is 0. The highest BCUT2D eigenvalue weighted by Crippen LogP contribution is 2.32. The van der Waals surface area contributed by atoms with Crippen molar-refractivity contribution >= 4 is 0 Å². The highest BCUT2D eigenvalue weighted by atomic mass is 16.3. The zero-order valence-electron chi connectivity index (χ0n) is 6.93. The predicted octanol–water partition coefficient (Wildman–Crippen LogP) is 2.20. The van der Waals surface area contributed by atoms with Gasteiger partial charge in [-0.05, 0) is 30.1 Å². The molecule has 1 heteroatoms. The van der Waals surface area contributed by atoms with E-state index in [0.29, 0.717) is 6.42 Å². The first-order valence-corrected chi connectivity index (χ1v) is 3.83. The molecular weight excluding hydrogens is 136 g/mol. The van der Waals surface area contributed by atoms with Crippen LogP contribution in [-0.2, 0) is 0 Å². The Labute approximate surface area is 67.7 Å². The summed E-state index contributed by atoms with van der Waals surface area (Å²) < 4.78 is 0. The highest BCUT2D eigenvalue weighted by Gasteiger charge is 2.21. The van der Waals surface area contributed by atoms with Crippen LogP contribution >= 0.6 is 0 Å². The maximum atomic E-state index is 9.41. The summed E-state index contributed by atoms with van der Waals surface area (Å²) in [5.41, 5.74) is 3.32. The molecule has 11 heavy (non-hydrogen) atoms. The maximum absolute atomic E-state index is 9.41. The molecule has 1 rings (SSSR count). The van der Waals surface area contributed by atoms with Crippen LogP contribution in [0.5, 0.6) is 0 Å². The first kappa shape index (κ1) is 8.28. The molecule has 0 heterocycles. The van der Waals surface area contributed by atoms with Gasteiger partial charge in [0, 0.05) is 6.42 Å². The SMILES string of the molecule is C=CCC1=C(C)C(O)CC1=C. The molecule has 0 fully saturated rings. The van der Waals surface area contributed by atoms with Crippen molar-refractivity contribution < 1.29 is 5.11 Å². The Kier molecular flexibility index (Phi) is 2.30. The largest absolute Gasteiger partial charge is 0.388 e. The van der Waals surface area contributed by atoms with Gasteiger partial charge in [0.05, 0.1) is 6.10 Å². The molecule has 0 aliphatic heterocycles. The Morgan fingerprint density at radius 2 is 2.36 bits per heavy atom. The van der Waals surface area contributed by atoms with Crippen molar-refractivity contribution in [3.63, 3.8) is 0 Å². The van der Waals surface area contributed by atoms with Crippen molar-refractivity contribution in [2.24, 2.45) is 0 Å². The van der Waals surface area contributed by atoms with E-state index in [1.54, 1.807) is 0 Å². The van der Waals surface area contributed by atoms with E-state index >= 15 is 0 Å². The van der Waals surface area contributed by atoms with Crippen LogP contribution < -0.4 is 0 Å². The number of aliphatic hydroxyl groups excluding tert-OH is 1. The van der Waals surface area contributed by atoms with Crippen molar-refractivity contribution in [2.45, 2.75) is 25.9 Å². The van der Waals surface area contributed by atoms with Gasteiger partial charge in [0.2, 0.25) is 0 Å². The molecule has 0 amide bonds. The maximum Gasteiger partial charge on any atom is 0.0793 e. The average Bonchev–Trinajstić information content (AvgIpc) is 2.17. The van der Waals surface area contributed by atoms with Crippen LogP contribution in [0.1, 0.15) is 19.8 Å². The second-order valence-electron chi connectivity index (χ2n) is 2.98. The summed E-state index contributed by atoms with van der Waals surface area (Å²) in [6.07, 6.45) is 3.09. The lowest BCUT2D eigenvalue weighted by molar-refractivity contribution is 0.219. The van der Waals surface area contributed by atoms with E-state index in [9.17, 15) is 5.11 Å². The Hall–Kier alpha value is -0.820. The van der Waals surface area contributed by atoms with E-state index in [-0.39, 0.29) is 6.10 Å². The van der Waals surface area contributed by atoms with E-state index in [1.165, 1.54) is 5.57 Å². The van der Waals surface area contributed by atoms with Crippen molar-refractivity contribution in [1.29, 1.82) is 0 Å². The highest BCUT2D eigenvalue weighted by molar-refractivity contribution is 5.42. The summed E-state index contributed by atoms with van der Waals surface area (Å²) in [5, 5.41) is 9.41. The molecule has 0 saturated carbocycles. The van der Waals surface area contributed by atoms with Crippen LogP contribution in [0.15, 0.2) is 36.0 Å². The molecule has 0 aromatic carbocycles. The van der Waals surface area contributed by atoms with Gasteiger partial charge in [0.15, 0.2) is 0 Å². The van der Waals surface area contributed by atoms with Gasteiger partial charge in [0.25, 0.3) is 0 Å². The van der Waals surface area contributed by atoms with Crippen LogP contribution in [-0.4, -0.2) is 11.2 Å². The number of aliphatic hydroxyl groups is 1. The molecule has 1 nitrogen and oxygen atoms in total. The van der Waals surface area contributed by atoms with Gasteiger partial charge >= 0.3 is 0 Å². The normalized spacial score (nSPS) is 24.5. The summed E-state index contributed by atoms with van der Waals surface area (Å²) in [6.45, 7) is 9.51. The molecule has 1 unspecified atom stereocenters. The minimum atomic E-state index is -0.294. The van der Waals surface area contributed by atoms with Gasteiger partial charge in [-0.1, -0.05) is 12.7 Å². The molecule has 0 spiro atoms. The second kappa shape index (κ2) is 3.05. The van der Waals surface area contributed by atoms with Crippen molar-refractivity contribution in [1.82, 2.24) is 0 Å². The molecule has 1 N–H and O–H groups in total. The summed E-state index contributed by atoms with van der Waals surface area (Å²) >= 11 is 0. The standard InChI is InChI=1S/C10H14O/c1-4-5-9-7(2)6-10(11)8(9)3/h4,10-11H,1-2,5-6H2,3H3. The Morgan fingerprint density at radius 3 is 2.73 bits per heavy atom. The van der Waals surface area contributed by atoms with Gasteiger partial charge < -0.3 is 5.11 Å². The third-order valence-corrected chi connectivity index (χ3v) is 2.19. The van der Waals surface area contributed by atoms with Crippen molar-refractivity contribution in [3.05, 3.63) is 36.0 Å². The molecule has 0 aromatic rings. The van der Waals surface area contributed by atoms with E-state index in [0.717, 1.165) is 17.6 Å². The quantitative estimate of drug-likeness (QED) is 0.598. The summed E-state index contributed by atoms with van der Waals surface area (Å²) in [5.74, 6) is 0. The van der Waals surface area contributed by atoms with E-state index in [1.807, 2.05) is 13.0 Å². The van der Waals surface area contributed by atoms with Crippen LogP contribution in [0.2, 0.25) is 0 Å². The zero-order chi connectivity index (χ0) is 8.43. The van der Waals surface area contributed by atoms with Crippen molar-refractivity contribution in [2.75, 3.05) is 0 Å². The van der Waals surface area contributed by atoms with Gasteiger partial charge in [-0.15, -0.1) is 6.58 Å². The topological polar surface area (TPSA) is 20.2 Å². The molecule has 0 radical (unpaired) electrons. The number of hydrogen-bond acceptors (Lipinski definition) is 1. The first-order chi connectivity index (χ1) is 5.16. The van der Waals surface area contributed by atoms with E-state index in [4.69, 9.17) is 0 Å². The van der Waals surface area contributed by atoms with Gasteiger partial charge in [-0.2, -0.15) is 0 Å². The summed E-state index contributed by atoms with van der Waals surface area (Å²) in [6, 6.07) is 0. The molecule has 0 aromatic heterocycles. The van der Waals surface area contributed by atoms with Crippen LogP contribution in [0.3, 0.4) is 0 Å². The summed E-state index contributed by atoms with van der Waals surface area (Å²) in [7, 11) is 0. The van der Waals surface area contributed by atoms with Crippen LogP contribution in [0, 0.1) is 0 Å². The minimum absolute atomic E-state index is 0.294. The second-order valence-corrected chi connectivity index (χ2v) is 2.98. The fourth-order valence-electron chi connectivity index (χ4n) is 1.44. The molecule has 1 atom stereocenters. The fraction of sp³-hybridized carbons (Fsp3) is 0.400. The monoisotopic (exact) mass is 150 g/mol.